The van der Waals surface area contributed by atoms with E-state index in [2.05, 4.69) is 10.4 Å². The number of fused-ring (bicyclic) bond motifs is 1. The first kappa shape index (κ1) is 19.2. The van der Waals surface area contributed by atoms with E-state index in [9.17, 15) is 18.8 Å². The molecule has 2 atom stereocenters. The standard InChI is InChI=1S/C19H23FN6O3/c1-11(27)24-6-7-25(18(24)29)12-8-14-16(23-15-4-3-5-19(15,2)20)13(17(21)28)9-22-26(14)10-12/h8-10,15,23H,3-7H2,1-2H3,(H2,21,28)/t15-,19+/m1/s1. The van der Waals surface area contributed by atoms with Crippen LogP contribution >= 0.6 is 0 Å². The molecule has 0 bridgehead atoms. The van der Waals surface area contributed by atoms with E-state index in [1.54, 1.807) is 19.2 Å². The average molecular weight is 402 g/mol. The largest absolute Gasteiger partial charge is 0.377 e. The van der Waals surface area contributed by atoms with Crippen LogP contribution < -0.4 is 16.0 Å². The van der Waals surface area contributed by atoms with Crippen LogP contribution in [0.15, 0.2) is 18.5 Å². The van der Waals surface area contributed by atoms with Crippen LogP contribution in [0.1, 0.15) is 43.5 Å². The molecule has 1 aliphatic carbocycles. The molecule has 2 aliphatic rings. The normalized spacial score (nSPS) is 24.5. The minimum atomic E-state index is -1.41. The molecular weight excluding hydrogens is 379 g/mol. The number of carbonyl (C=O) groups excluding carboxylic acids is 3. The Morgan fingerprint density at radius 2 is 2.14 bits per heavy atom. The topological polar surface area (TPSA) is 113 Å². The highest BCUT2D eigenvalue weighted by atomic mass is 19.1. The lowest BCUT2D eigenvalue weighted by Crippen LogP contribution is -2.36. The van der Waals surface area contributed by atoms with Gasteiger partial charge in [-0.1, -0.05) is 0 Å². The molecule has 0 unspecified atom stereocenters. The predicted molar refractivity (Wildman–Crippen MR) is 105 cm³/mol. The number of primary amides is 1. The van der Waals surface area contributed by atoms with Crippen LogP contribution in [-0.2, 0) is 4.79 Å². The molecule has 0 spiro atoms. The summed E-state index contributed by atoms with van der Waals surface area (Å²) in [4.78, 5) is 38.7. The first-order valence-corrected chi connectivity index (χ1v) is 9.55. The second-order valence-corrected chi connectivity index (χ2v) is 7.80. The summed E-state index contributed by atoms with van der Waals surface area (Å²) in [6.07, 6.45) is 4.78. The van der Waals surface area contributed by atoms with Crippen molar-refractivity contribution in [1.29, 1.82) is 0 Å². The fraction of sp³-hybridized carbons (Fsp3) is 0.474. The van der Waals surface area contributed by atoms with E-state index in [4.69, 9.17) is 5.73 Å². The molecule has 2 aromatic heterocycles. The van der Waals surface area contributed by atoms with Crippen molar-refractivity contribution in [1.82, 2.24) is 14.5 Å². The molecule has 0 radical (unpaired) electrons. The summed E-state index contributed by atoms with van der Waals surface area (Å²) in [5.74, 6) is -0.995. The Kier molecular flexibility index (Phi) is 4.44. The lowest BCUT2D eigenvalue weighted by atomic mass is 10.0. The van der Waals surface area contributed by atoms with Gasteiger partial charge in [-0.15, -0.1) is 0 Å². The lowest BCUT2D eigenvalue weighted by molar-refractivity contribution is -0.125. The molecule has 4 rings (SSSR count). The molecule has 154 valence electrons. The molecule has 9 nitrogen and oxygen atoms in total. The summed E-state index contributed by atoms with van der Waals surface area (Å²) in [5, 5.41) is 7.37. The number of imide groups is 1. The minimum absolute atomic E-state index is 0.156. The van der Waals surface area contributed by atoms with Gasteiger partial charge in [0.15, 0.2) is 0 Å². The number of rotatable bonds is 4. The predicted octanol–water partition coefficient (Wildman–Crippen LogP) is 1.91. The van der Waals surface area contributed by atoms with Crippen molar-refractivity contribution in [2.75, 3.05) is 23.3 Å². The number of alkyl halides is 1. The van der Waals surface area contributed by atoms with Crippen LogP contribution in [0.3, 0.4) is 0 Å². The Labute approximate surface area is 166 Å². The number of hydrogen-bond acceptors (Lipinski definition) is 5. The van der Waals surface area contributed by atoms with Gasteiger partial charge in [0.1, 0.15) is 5.67 Å². The van der Waals surface area contributed by atoms with Crippen molar-refractivity contribution < 1.29 is 18.8 Å². The zero-order valence-electron chi connectivity index (χ0n) is 16.3. The van der Waals surface area contributed by atoms with Gasteiger partial charge in [0.05, 0.1) is 40.9 Å². The van der Waals surface area contributed by atoms with Gasteiger partial charge in [-0.3, -0.25) is 19.4 Å². The maximum atomic E-state index is 14.8. The Morgan fingerprint density at radius 3 is 2.72 bits per heavy atom. The quantitative estimate of drug-likeness (QED) is 0.811. The van der Waals surface area contributed by atoms with Crippen molar-refractivity contribution >= 4 is 34.7 Å². The van der Waals surface area contributed by atoms with E-state index in [1.165, 1.54) is 22.5 Å². The van der Waals surface area contributed by atoms with E-state index in [0.29, 0.717) is 42.8 Å². The van der Waals surface area contributed by atoms with E-state index in [-0.39, 0.29) is 11.5 Å². The Morgan fingerprint density at radius 1 is 1.38 bits per heavy atom. The Hall–Kier alpha value is -3.17. The van der Waals surface area contributed by atoms with E-state index < -0.39 is 23.6 Å². The number of halogens is 1. The minimum Gasteiger partial charge on any atom is -0.377 e. The van der Waals surface area contributed by atoms with Crippen molar-refractivity contribution in [3.8, 4) is 0 Å². The highest BCUT2D eigenvalue weighted by Gasteiger charge is 2.40. The van der Waals surface area contributed by atoms with Crippen LogP contribution in [0.25, 0.3) is 5.52 Å². The third-order valence-corrected chi connectivity index (χ3v) is 5.79. The van der Waals surface area contributed by atoms with Crippen LogP contribution in [0.5, 0.6) is 0 Å². The van der Waals surface area contributed by atoms with Crippen LogP contribution in [0.2, 0.25) is 0 Å². The van der Waals surface area contributed by atoms with Crippen molar-refractivity contribution in [3.05, 3.63) is 24.0 Å². The third kappa shape index (κ3) is 3.18. The highest BCUT2D eigenvalue weighted by Crippen LogP contribution is 2.37. The Balaban J connectivity index is 1.76. The van der Waals surface area contributed by atoms with Crippen LogP contribution in [0, 0.1) is 0 Å². The van der Waals surface area contributed by atoms with Gasteiger partial charge < -0.3 is 11.1 Å². The van der Waals surface area contributed by atoms with Crippen molar-refractivity contribution in [3.63, 3.8) is 0 Å². The Bertz CT molecular complexity index is 1020. The number of nitrogens with zero attached hydrogens (tertiary/aromatic N) is 4. The van der Waals surface area contributed by atoms with Crippen molar-refractivity contribution in [2.24, 2.45) is 5.73 Å². The summed E-state index contributed by atoms with van der Waals surface area (Å²) < 4.78 is 16.3. The SMILES string of the molecule is CC(=O)N1CCN(c2cc3c(N[C@@H]4CCC[C@]4(C)F)c(C(N)=O)cnn3c2)C1=O. The molecule has 4 amide bonds. The monoisotopic (exact) mass is 402 g/mol. The number of nitrogens with two attached hydrogens (primary N) is 1. The highest BCUT2D eigenvalue weighted by molar-refractivity contribution is 6.06. The lowest BCUT2D eigenvalue weighted by Gasteiger charge is -2.26. The van der Waals surface area contributed by atoms with Gasteiger partial charge in [-0.05, 0) is 32.3 Å². The van der Waals surface area contributed by atoms with Crippen LogP contribution in [-0.4, -0.2) is 57.2 Å². The maximum Gasteiger partial charge on any atom is 0.331 e. The van der Waals surface area contributed by atoms with Crippen LogP contribution in [0.4, 0.5) is 20.6 Å². The van der Waals surface area contributed by atoms with Gasteiger partial charge in [0.25, 0.3) is 5.91 Å². The fourth-order valence-electron chi connectivity index (χ4n) is 4.12. The molecular formula is C19H23FN6O3. The zero-order valence-corrected chi connectivity index (χ0v) is 16.3. The van der Waals surface area contributed by atoms with Gasteiger partial charge in [-0.2, -0.15) is 5.10 Å². The van der Waals surface area contributed by atoms with Gasteiger partial charge in [0.2, 0.25) is 5.91 Å². The molecule has 2 fully saturated rings. The number of aromatic nitrogens is 2. The number of hydrogen-bond donors (Lipinski definition) is 2. The molecule has 1 aliphatic heterocycles. The van der Waals surface area contributed by atoms with E-state index in [0.717, 1.165) is 11.3 Å². The van der Waals surface area contributed by atoms with Gasteiger partial charge >= 0.3 is 6.03 Å². The molecule has 3 heterocycles. The summed E-state index contributed by atoms with van der Waals surface area (Å²) in [6.45, 7) is 3.54. The summed E-state index contributed by atoms with van der Waals surface area (Å²) in [6, 6.07) is 0.810. The second kappa shape index (κ2) is 6.71. The number of nitrogens with one attached hydrogen (secondary N) is 1. The molecule has 10 heteroatoms. The third-order valence-electron chi connectivity index (χ3n) is 5.79. The summed E-state index contributed by atoms with van der Waals surface area (Å²) in [5.41, 5.74) is 5.70. The number of anilines is 2. The molecule has 1 saturated carbocycles. The van der Waals surface area contributed by atoms with Crippen molar-refractivity contribution in [2.45, 2.75) is 44.8 Å². The average Bonchev–Trinajstić information content (AvgIpc) is 3.31. The smallest absolute Gasteiger partial charge is 0.331 e. The maximum absolute atomic E-state index is 14.8. The van der Waals surface area contributed by atoms with E-state index in [1.807, 2.05) is 0 Å². The first-order chi connectivity index (χ1) is 13.7. The molecule has 3 N–H and O–H groups in total. The molecule has 2 aromatic rings. The number of urea groups is 1. The van der Waals surface area contributed by atoms with E-state index >= 15 is 0 Å². The number of amides is 4. The summed E-state index contributed by atoms with van der Waals surface area (Å²) in [7, 11) is 0. The molecule has 0 aromatic carbocycles. The molecule has 1 saturated heterocycles. The van der Waals surface area contributed by atoms with Gasteiger partial charge in [0, 0.05) is 20.0 Å². The molecule has 29 heavy (non-hydrogen) atoms. The summed E-state index contributed by atoms with van der Waals surface area (Å²) >= 11 is 0. The second-order valence-electron chi connectivity index (χ2n) is 7.80. The van der Waals surface area contributed by atoms with Gasteiger partial charge in [-0.25, -0.2) is 13.7 Å². The fourth-order valence-corrected chi connectivity index (χ4v) is 4.12. The first-order valence-electron chi connectivity index (χ1n) is 9.55. The zero-order chi connectivity index (χ0) is 20.9. The number of carbonyl (C=O) groups is 3.